The van der Waals surface area contributed by atoms with Crippen molar-refractivity contribution < 1.29 is 51.3 Å². The van der Waals surface area contributed by atoms with Gasteiger partial charge >= 0.3 is 18.4 Å². The second-order valence-electron chi connectivity index (χ2n) is 15.2. The Balaban J connectivity index is 1.52. The zero-order valence-corrected chi connectivity index (χ0v) is 32.7. The van der Waals surface area contributed by atoms with Crippen LogP contribution in [0.3, 0.4) is 0 Å². The quantitative estimate of drug-likeness (QED) is 0.224. The monoisotopic (exact) mass is 782 g/mol. The number of piperidine rings is 1. The third-order valence-electron chi connectivity index (χ3n) is 9.56. The second kappa shape index (κ2) is 16.7. The molecule has 2 heterocycles. The van der Waals surface area contributed by atoms with Gasteiger partial charge in [-0.15, -0.1) is 0 Å². The maximum atomic E-state index is 15.0. The molecule has 1 saturated heterocycles. The summed E-state index contributed by atoms with van der Waals surface area (Å²) < 4.78 is 67.5. The van der Waals surface area contributed by atoms with Crippen LogP contribution in [-0.2, 0) is 32.7 Å². The molecule has 56 heavy (non-hydrogen) atoms. The minimum atomic E-state index is -5.01. The first-order valence-corrected chi connectivity index (χ1v) is 18.5. The Bertz CT molecular complexity index is 1920. The van der Waals surface area contributed by atoms with E-state index in [1.807, 2.05) is 6.07 Å². The molecule has 3 aromatic rings. The summed E-state index contributed by atoms with van der Waals surface area (Å²) in [6.45, 7) is 10.1. The van der Waals surface area contributed by atoms with E-state index in [-0.39, 0.29) is 37.7 Å². The van der Waals surface area contributed by atoms with Gasteiger partial charge in [0.15, 0.2) is 0 Å². The number of halogens is 3. The number of nitrogens with one attached hydrogen (secondary N) is 1. The van der Waals surface area contributed by atoms with Crippen molar-refractivity contribution in [1.29, 1.82) is 0 Å². The van der Waals surface area contributed by atoms with Crippen molar-refractivity contribution in [2.45, 2.75) is 90.5 Å². The van der Waals surface area contributed by atoms with Crippen LogP contribution in [-0.4, -0.2) is 84.8 Å². The number of anilines is 1. The van der Waals surface area contributed by atoms with Gasteiger partial charge < -0.3 is 39.0 Å². The minimum absolute atomic E-state index is 0.00548. The van der Waals surface area contributed by atoms with Crippen molar-refractivity contribution in [1.82, 2.24) is 15.1 Å². The number of alkyl halides is 3. The average molecular weight is 783 g/mol. The third-order valence-corrected chi connectivity index (χ3v) is 9.56. The van der Waals surface area contributed by atoms with Crippen molar-refractivity contribution in [3.63, 3.8) is 0 Å². The zero-order valence-electron chi connectivity index (χ0n) is 32.7. The van der Waals surface area contributed by atoms with Gasteiger partial charge in [0.1, 0.15) is 23.7 Å². The molecule has 2 aliphatic rings. The molecule has 1 fully saturated rings. The van der Waals surface area contributed by atoms with Crippen molar-refractivity contribution in [2.24, 2.45) is 0 Å². The highest BCUT2D eigenvalue weighted by Crippen LogP contribution is 2.47. The van der Waals surface area contributed by atoms with Crippen LogP contribution in [0.15, 0.2) is 66.7 Å². The van der Waals surface area contributed by atoms with Gasteiger partial charge in [-0.1, -0.05) is 42.5 Å². The van der Waals surface area contributed by atoms with Gasteiger partial charge in [0.05, 0.1) is 30.0 Å². The summed E-state index contributed by atoms with van der Waals surface area (Å²) in [5, 5.41) is 2.60. The Morgan fingerprint density at radius 1 is 1.04 bits per heavy atom. The number of nitrogens with zero attached hydrogens (tertiary/aromatic N) is 3. The number of rotatable bonds is 10. The molecule has 2 atom stereocenters. The number of carbonyl (C=O) groups is 4. The number of alkyl carbamates (subject to hydrolysis) is 1. The lowest BCUT2D eigenvalue weighted by Gasteiger charge is -2.43. The summed E-state index contributed by atoms with van der Waals surface area (Å²) in [7, 11) is 1.44. The number of ether oxygens (including phenoxy) is 4. The average Bonchev–Trinajstić information content (AvgIpc) is 3.14. The lowest BCUT2D eigenvalue weighted by atomic mass is 9.90. The molecule has 3 aromatic carbocycles. The topological polar surface area (TPSA) is 127 Å². The molecule has 0 aliphatic carbocycles. The fourth-order valence-electron chi connectivity index (χ4n) is 6.91. The Morgan fingerprint density at radius 3 is 2.39 bits per heavy atom. The highest BCUT2D eigenvalue weighted by Gasteiger charge is 2.49. The van der Waals surface area contributed by atoms with Crippen molar-refractivity contribution in [3.05, 3.63) is 89.0 Å². The molecule has 5 rings (SSSR count). The summed E-state index contributed by atoms with van der Waals surface area (Å²) in [5.74, 6) is -1.49. The molecule has 1 unspecified atom stereocenters. The van der Waals surface area contributed by atoms with Gasteiger partial charge in [-0.05, 0) is 84.2 Å². The highest BCUT2D eigenvalue weighted by molar-refractivity contribution is 6.05. The standard InChI is InChI=1S/C41H49F3N4O8/c1-26(2)48(29-16-12-19-46(24-29)38(52)56-39(3,4)5)35(49)31-22-33-34(23-32(31)41(42,43)44)55-40(6,28-15-11-17-30(21-28)53-7)36(50)47(33)20-18-45-37(51)54-25-27-13-9-8-10-14-27/h8-11,13-15,17,21-23,26,29H,12,16,18-20,24-25H2,1-7H3,(H,45,51)/t29-,40?/m1/s1. The van der Waals surface area contributed by atoms with Crippen LogP contribution in [0.4, 0.5) is 28.4 Å². The third kappa shape index (κ3) is 9.48. The van der Waals surface area contributed by atoms with Crippen molar-refractivity contribution in [3.8, 4) is 11.5 Å². The van der Waals surface area contributed by atoms with Crippen LogP contribution in [0.25, 0.3) is 0 Å². The van der Waals surface area contributed by atoms with Crippen LogP contribution >= 0.6 is 0 Å². The van der Waals surface area contributed by atoms with E-state index in [1.54, 1.807) is 83.1 Å². The van der Waals surface area contributed by atoms with Crippen molar-refractivity contribution in [2.75, 3.05) is 38.2 Å². The fraction of sp³-hybridized carbons (Fsp3) is 0.463. The lowest BCUT2D eigenvalue weighted by Crippen LogP contribution is -2.55. The number of carbonyl (C=O) groups excluding carboxylic acids is 4. The number of methoxy groups -OCH3 is 1. The molecule has 0 radical (unpaired) electrons. The van der Waals surface area contributed by atoms with E-state index in [0.717, 1.165) is 17.7 Å². The normalized spacial score (nSPS) is 18.5. The first-order chi connectivity index (χ1) is 26.3. The molecule has 0 spiro atoms. The molecule has 2 aliphatic heterocycles. The van der Waals surface area contributed by atoms with Crippen LogP contribution in [0, 0.1) is 0 Å². The minimum Gasteiger partial charge on any atom is -0.497 e. The number of amides is 4. The molecule has 0 saturated carbocycles. The second-order valence-corrected chi connectivity index (χ2v) is 15.2. The zero-order chi connectivity index (χ0) is 41.0. The van der Waals surface area contributed by atoms with Gasteiger partial charge in [-0.25, -0.2) is 9.59 Å². The molecule has 12 nitrogen and oxygen atoms in total. The lowest BCUT2D eigenvalue weighted by molar-refractivity contribution is -0.138. The van der Waals surface area contributed by atoms with E-state index in [2.05, 4.69) is 5.32 Å². The Labute approximate surface area is 324 Å². The highest BCUT2D eigenvalue weighted by atomic mass is 19.4. The Morgan fingerprint density at radius 2 is 1.75 bits per heavy atom. The van der Waals surface area contributed by atoms with Gasteiger partial charge in [0.2, 0.25) is 5.60 Å². The maximum absolute atomic E-state index is 15.0. The van der Waals surface area contributed by atoms with E-state index < -0.39 is 64.6 Å². The predicted molar refractivity (Wildman–Crippen MR) is 202 cm³/mol. The molecule has 302 valence electrons. The number of likely N-dealkylation sites (tertiary alicyclic amines) is 1. The van der Waals surface area contributed by atoms with E-state index in [1.165, 1.54) is 28.7 Å². The molecule has 0 bridgehead atoms. The molecular weight excluding hydrogens is 733 g/mol. The number of hydrogen-bond donors (Lipinski definition) is 1. The summed E-state index contributed by atoms with van der Waals surface area (Å²) in [6, 6.07) is 16.0. The smallest absolute Gasteiger partial charge is 0.417 e. The number of hydrogen-bond acceptors (Lipinski definition) is 8. The van der Waals surface area contributed by atoms with Crippen LogP contribution in [0.5, 0.6) is 11.5 Å². The molecule has 4 amide bonds. The van der Waals surface area contributed by atoms with Gasteiger partial charge in [-0.3, -0.25) is 9.59 Å². The van der Waals surface area contributed by atoms with Gasteiger partial charge in [-0.2, -0.15) is 13.2 Å². The van der Waals surface area contributed by atoms with Crippen molar-refractivity contribution >= 4 is 29.7 Å². The number of benzene rings is 3. The number of fused-ring (bicyclic) bond motifs is 1. The van der Waals surface area contributed by atoms with E-state index in [0.29, 0.717) is 30.7 Å². The first-order valence-electron chi connectivity index (χ1n) is 18.5. The van der Waals surface area contributed by atoms with Crippen LogP contribution in [0.2, 0.25) is 0 Å². The Kier molecular flexibility index (Phi) is 12.4. The Hall–Kier alpha value is -5.47. The summed E-state index contributed by atoms with van der Waals surface area (Å²) in [6.07, 6.45) is -5.42. The van der Waals surface area contributed by atoms with Crippen LogP contribution in [0.1, 0.15) is 81.4 Å². The summed E-state index contributed by atoms with van der Waals surface area (Å²) >= 11 is 0. The maximum Gasteiger partial charge on any atom is 0.417 e. The fourth-order valence-corrected chi connectivity index (χ4v) is 6.91. The summed E-state index contributed by atoms with van der Waals surface area (Å²) in [4.78, 5) is 58.7. The molecule has 1 N–H and O–H groups in total. The molecule has 15 heteroatoms. The predicted octanol–water partition coefficient (Wildman–Crippen LogP) is 7.53. The molecule has 0 aromatic heterocycles. The SMILES string of the molecule is COc1cccc(C2(C)Oc3cc(C(F)(F)F)c(C(=O)N(C(C)C)[C@@H]4CCCN(C(=O)OC(C)(C)C)C4)cc3N(CCNC(=O)OCc3ccccc3)C2=O)c1. The van der Waals surface area contributed by atoms with Crippen LogP contribution < -0.4 is 19.7 Å². The van der Waals surface area contributed by atoms with E-state index in [9.17, 15) is 19.2 Å². The molecular formula is C41H49F3N4O8. The first kappa shape index (κ1) is 41.7. The van der Waals surface area contributed by atoms with E-state index in [4.69, 9.17) is 18.9 Å². The summed E-state index contributed by atoms with van der Waals surface area (Å²) in [5.41, 5.74) is -3.58. The largest absolute Gasteiger partial charge is 0.497 e. The van der Waals surface area contributed by atoms with Gasteiger partial charge in [0.25, 0.3) is 11.8 Å². The van der Waals surface area contributed by atoms with E-state index >= 15 is 13.2 Å². The van der Waals surface area contributed by atoms with Gasteiger partial charge in [0, 0.05) is 37.8 Å².